The Morgan fingerprint density at radius 2 is 1.74 bits per heavy atom. The third-order valence-electron chi connectivity index (χ3n) is 7.07. The molecule has 1 aromatic heterocycles. The Hall–Kier alpha value is -3.99. The van der Waals surface area contributed by atoms with Crippen LogP contribution in [0.5, 0.6) is 5.75 Å². The minimum absolute atomic E-state index is 0.0836. The second-order valence-electron chi connectivity index (χ2n) is 9.04. The molecule has 0 aliphatic carbocycles. The highest BCUT2D eigenvalue weighted by atomic mass is 16.5. The topological polar surface area (TPSA) is 46.5 Å². The highest BCUT2D eigenvalue weighted by Crippen LogP contribution is 2.37. The van der Waals surface area contributed by atoms with Crippen LogP contribution in [0.1, 0.15) is 34.8 Å². The van der Waals surface area contributed by atoms with E-state index in [0.717, 1.165) is 37.4 Å². The van der Waals surface area contributed by atoms with Crippen LogP contribution >= 0.6 is 0 Å². The zero-order valence-corrected chi connectivity index (χ0v) is 18.9. The first-order valence-electron chi connectivity index (χ1n) is 11.9. The molecule has 0 bridgehead atoms. The summed E-state index contributed by atoms with van der Waals surface area (Å²) >= 11 is 0. The molecule has 0 saturated carbocycles. The lowest BCUT2D eigenvalue weighted by Crippen LogP contribution is -2.40. The van der Waals surface area contributed by atoms with Gasteiger partial charge in [0.1, 0.15) is 12.0 Å². The Labute approximate surface area is 199 Å². The second-order valence-corrected chi connectivity index (χ2v) is 9.04. The van der Waals surface area contributed by atoms with Crippen LogP contribution in [-0.2, 0) is 0 Å². The number of hydrogen-bond donors (Lipinski definition) is 1. The summed E-state index contributed by atoms with van der Waals surface area (Å²) in [5.74, 6) is 1.27. The summed E-state index contributed by atoms with van der Waals surface area (Å²) in [6, 6.07) is 27.4. The molecule has 1 atom stereocenters. The first kappa shape index (κ1) is 20.6. The van der Waals surface area contributed by atoms with Crippen LogP contribution in [0.15, 0.2) is 97.5 Å². The van der Waals surface area contributed by atoms with Gasteiger partial charge >= 0.3 is 0 Å². The number of nitrogens with one attached hydrogen (secondary N) is 1. The van der Waals surface area contributed by atoms with Crippen LogP contribution in [-0.4, -0.2) is 28.5 Å². The number of benzene rings is 3. The number of fused-ring (bicyclic) bond motifs is 2. The van der Waals surface area contributed by atoms with Crippen molar-refractivity contribution in [3.63, 3.8) is 0 Å². The number of carbonyl (C=O) groups is 1. The van der Waals surface area contributed by atoms with Gasteiger partial charge in [-0.2, -0.15) is 0 Å². The normalized spacial score (nSPS) is 16.5. The lowest BCUT2D eigenvalue weighted by atomic mass is 9.85. The molecule has 4 aromatic rings. The first-order chi connectivity index (χ1) is 16.8. The minimum atomic E-state index is 0.0836. The largest absolute Gasteiger partial charge is 0.461 e. The van der Waals surface area contributed by atoms with E-state index in [1.165, 1.54) is 16.5 Å². The van der Waals surface area contributed by atoms with Gasteiger partial charge in [0.05, 0.1) is 11.7 Å². The molecule has 5 nitrogen and oxygen atoms in total. The molecule has 2 aliphatic rings. The number of anilines is 1. The Balaban J connectivity index is 1.24. The molecule has 1 unspecified atom stereocenters. The number of likely N-dealkylation sites (tertiary alicyclic amines) is 1. The van der Waals surface area contributed by atoms with Crippen molar-refractivity contribution in [3.05, 3.63) is 109 Å². The maximum Gasteiger partial charge on any atom is 0.253 e. The second kappa shape index (κ2) is 8.75. The number of carbonyl (C=O) groups excluding carboxylic acids is 1. The number of hydrogen-bond acceptors (Lipinski definition) is 3. The van der Waals surface area contributed by atoms with Gasteiger partial charge in [0, 0.05) is 36.6 Å². The van der Waals surface area contributed by atoms with E-state index in [2.05, 4.69) is 76.7 Å². The molecule has 6 rings (SSSR count). The van der Waals surface area contributed by atoms with Gasteiger partial charge in [0.15, 0.2) is 0 Å². The highest BCUT2D eigenvalue weighted by molar-refractivity contribution is 5.95. The van der Waals surface area contributed by atoms with Crippen LogP contribution in [0.2, 0.25) is 0 Å². The summed E-state index contributed by atoms with van der Waals surface area (Å²) in [5.41, 5.74) is 4.10. The molecule has 3 aromatic carbocycles. The summed E-state index contributed by atoms with van der Waals surface area (Å²) in [4.78, 5) is 15.3. The summed E-state index contributed by atoms with van der Waals surface area (Å²) < 4.78 is 7.91. The molecule has 1 saturated heterocycles. The first-order valence-corrected chi connectivity index (χ1v) is 11.9. The van der Waals surface area contributed by atoms with E-state index in [1.54, 1.807) is 12.5 Å². The van der Waals surface area contributed by atoms with Crippen LogP contribution in [0, 0.1) is 5.92 Å². The summed E-state index contributed by atoms with van der Waals surface area (Å²) in [6.07, 6.45) is 7.48. The van der Waals surface area contributed by atoms with Crippen molar-refractivity contribution in [1.29, 1.82) is 0 Å². The molecule has 0 radical (unpaired) electrons. The van der Waals surface area contributed by atoms with E-state index in [0.29, 0.717) is 11.5 Å². The van der Waals surface area contributed by atoms with Crippen molar-refractivity contribution in [2.24, 2.45) is 5.92 Å². The average Bonchev–Trinajstić information content (AvgIpc) is 3.33. The van der Waals surface area contributed by atoms with Gasteiger partial charge in [0.2, 0.25) is 0 Å². The molecule has 2 aliphatic heterocycles. The lowest BCUT2D eigenvalue weighted by Gasteiger charge is -2.37. The molecule has 1 fully saturated rings. The van der Waals surface area contributed by atoms with Crippen LogP contribution < -0.4 is 10.1 Å². The fourth-order valence-corrected chi connectivity index (χ4v) is 5.37. The predicted molar refractivity (Wildman–Crippen MR) is 135 cm³/mol. The lowest BCUT2D eigenvalue weighted by molar-refractivity contribution is 0.0672. The number of rotatable bonds is 4. The van der Waals surface area contributed by atoms with Gasteiger partial charge in [0.25, 0.3) is 5.91 Å². The van der Waals surface area contributed by atoms with Gasteiger partial charge in [-0.15, -0.1) is 0 Å². The quantitative estimate of drug-likeness (QED) is 0.412. The molecule has 1 amide bonds. The Morgan fingerprint density at radius 1 is 0.941 bits per heavy atom. The number of para-hydroxylation sites is 1. The summed E-state index contributed by atoms with van der Waals surface area (Å²) in [6.45, 7) is 1.51. The molecule has 34 heavy (non-hydrogen) atoms. The number of amides is 1. The molecular formula is C29H27N3O2. The summed E-state index contributed by atoms with van der Waals surface area (Å²) in [5, 5.41) is 4.41. The number of nitrogens with zero attached hydrogens (tertiary/aromatic N) is 2. The molecule has 170 valence electrons. The van der Waals surface area contributed by atoms with Gasteiger partial charge in [-0.3, -0.25) is 4.79 Å². The smallest absolute Gasteiger partial charge is 0.253 e. The Bertz CT molecular complexity index is 1350. The van der Waals surface area contributed by atoms with Crippen molar-refractivity contribution in [1.82, 2.24) is 9.47 Å². The highest BCUT2D eigenvalue weighted by Gasteiger charge is 2.31. The Kier molecular flexibility index (Phi) is 5.30. The van der Waals surface area contributed by atoms with Crippen molar-refractivity contribution in [3.8, 4) is 5.75 Å². The van der Waals surface area contributed by atoms with Gasteiger partial charge < -0.3 is 19.5 Å². The minimum Gasteiger partial charge on any atom is -0.461 e. The van der Waals surface area contributed by atoms with Gasteiger partial charge in [-0.25, -0.2) is 0 Å². The fourth-order valence-electron chi connectivity index (χ4n) is 5.37. The third kappa shape index (κ3) is 3.73. The summed E-state index contributed by atoms with van der Waals surface area (Å²) in [7, 11) is 0. The molecule has 3 heterocycles. The van der Waals surface area contributed by atoms with Crippen molar-refractivity contribution in [2.75, 3.05) is 18.4 Å². The zero-order chi connectivity index (χ0) is 22.9. The van der Waals surface area contributed by atoms with E-state index in [-0.39, 0.29) is 11.9 Å². The number of ether oxygens (including phenoxy) is 1. The van der Waals surface area contributed by atoms with E-state index >= 15 is 0 Å². The molecule has 1 N–H and O–H groups in total. The molecular weight excluding hydrogens is 422 g/mol. The number of piperidine rings is 1. The van der Waals surface area contributed by atoms with Crippen LogP contribution in [0.3, 0.4) is 0 Å². The molecule has 0 spiro atoms. The number of aromatic nitrogens is 1. The van der Waals surface area contributed by atoms with Crippen LogP contribution in [0.4, 0.5) is 5.69 Å². The zero-order valence-electron chi connectivity index (χ0n) is 18.9. The van der Waals surface area contributed by atoms with E-state index in [1.807, 2.05) is 23.1 Å². The van der Waals surface area contributed by atoms with Crippen molar-refractivity contribution in [2.45, 2.75) is 18.9 Å². The maximum absolute atomic E-state index is 13.3. The van der Waals surface area contributed by atoms with Crippen molar-refractivity contribution >= 4 is 22.5 Å². The van der Waals surface area contributed by atoms with Crippen molar-refractivity contribution < 1.29 is 9.53 Å². The third-order valence-corrected chi connectivity index (χ3v) is 7.07. The Morgan fingerprint density at radius 3 is 2.59 bits per heavy atom. The van der Waals surface area contributed by atoms with E-state index < -0.39 is 0 Å². The predicted octanol–water partition coefficient (Wildman–Crippen LogP) is 6.06. The average molecular weight is 450 g/mol. The molecule has 5 heteroatoms. The van der Waals surface area contributed by atoms with Crippen LogP contribution in [0.25, 0.3) is 10.9 Å². The van der Waals surface area contributed by atoms with Gasteiger partial charge in [-0.1, -0.05) is 48.5 Å². The fraction of sp³-hybridized carbons (Fsp3) is 0.207. The SMILES string of the molecule is O=C(c1ccc2c(c1)NC=CO2)N1CCC(C(c2ccccc2)n2ccc3ccccc32)CC1. The van der Waals surface area contributed by atoms with Gasteiger partial charge in [-0.05, 0) is 60.0 Å². The maximum atomic E-state index is 13.3. The standard InChI is InChI=1S/C29H27N3O2/c33-29(24-10-11-27-25(20-24)30-15-19-34-27)31-16-12-23(13-17-31)28(22-7-2-1-3-8-22)32-18-14-21-6-4-5-9-26(21)32/h1-11,14-15,18-20,23,28,30H,12-13,16-17H2. The van der Waals surface area contributed by atoms with E-state index in [4.69, 9.17) is 4.74 Å². The monoisotopic (exact) mass is 449 g/mol. The van der Waals surface area contributed by atoms with E-state index in [9.17, 15) is 4.79 Å².